The van der Waals surface area contributed by atoms with Gasteiger partial charge in [0.2, 0.25) is 5.91 Å². The van der Waals surface area contributed by atoms with E-state index in [9.17, 15) is 14.9 Å². The maximum atomic E-state index is 12.0. The summed E-state index contributed by atoms with van der Waals surface area (Å²) in [6, 6.07) is 4.41. The Hall–Kier alpha value is -1.91. The number of hydrogen-bond donors (Lipinski definition) is 1. The molecule has 0 aliphatic rings. The minimum Gasteiger partial charge on any atom is -0.325 e. The minimum absolute atomic E-state index is 0.0280. The van der Waals surface area contributed by atoms with E-state index in [0.717, 1.165) is 6.42 Å². The lowest BCUT2D eigenvalue weighted by molar-refractivity contribution is -0.384. The predicted octanol–water partition coefficient (Wildman–Crippen LogP) is 3.28. The largest absolute Gasteiger partial charge is 0.325 e. The summed E-state index contributed by atoms with van der Waals surface area (Å²) in [6.07, 6.45) is 0.727. The number of amides is 1. The molecule has 0 aromatic heterocycles. The Bertz CT molecular complexity index is 481. The van der Waals surface area contributed by atoms with Gasteiger partial charge in [-0.05, 0) is 25.0 Å². The monoisotopic (exact) mass is 250 g/mol. The fraction of sp³-hybridized carbons (Fsp3) is 0.462. The first-order valence-corrected chi connectivity index (χ1v) is 5.84. The molecule has 5 nitrogen and oxygen atoms in total. The molecule has 0 fully saturated rings. The van der Waals surface area contributed by atoms with Crippen LogP contribution in [0.5, 0.6) is 0 Å². The van der Waals surface area contributed by atoms with Gasteiger partial charge >= 0.3 is 0 Å². The van der Waals surface area contributed by atoms with E-state index in [4.69, 9.17) is 0 Å². The standard InChI is InChI=1S/C13H18N2O3/c1-5-13(3,4)12(16)14-11-7-6-10(15(17)18)8-9(11)2/h6-8H,5H2,1-4H3,(H,14,16). The summed E-state index contributed by atoms with van der Waals surface area (Å²) in [4.78, 5) is 22.2. The molecule has 0 saturated heterocycles. The van der Waals surface area contributed by atoms with Gasteiger partial charge in [0.05, 0.1) is 4.92 Å². The number of rotatable bonds is 4. The molecular formula is C13H18N2O3. The Labute approximate surface area is 106 Å². The highest BCUT2D eigenvalue weighted by Gasteiger charge is 2.25. The van der Waals surface area contributed by atoms with Crippen LogP contribution in [-0.4, -0.2) is 10.8 Å². The fourth-order valence-electron chi connectivity index (χ4n) is 1.35. The first-order valence-electron chi connectivity index (χ1n) is 5.84. The topological polar surface area (TPSA) is 72.2 Å². The van der Waals surface area contributed by atoms with Crippen molar-refractivity contribution in [3.05, 3.63) is 33.9 Å². The van der Waals surface area contributed by atoms with Crippen molar-refractivity contribution < 1.29 is 9.72 Å². The molecule has 1 amide bonds. The van der Waals surface area contributed by atoms with Crippen molar-refractivity contribution >= 4 is 17.3 Å². The van der Waals surface area contributed by atoms with Gasteiger partial charge in [0.15, 0.2) is 0 Å². The van der Waals surface area contributed by atoms with Crippen molar-refractivity contribution in [1.29, 1.82) is 0 Å². The summed E-state index contributed by atoms with van der Waals surface area (Å²) in [5.41, 5.74) is 0.880. The van der Waals surface area contributed by atoms with Crippen LogP contribution in [0.1, 0.15) is 32.8 Å². The highest BCUT2D eigenvalue weighted by molar-refractivity contribution is 5.95. The second kappa shape index (κ2) is 5.16. The molecule has 1 rings (SSSR count). The van der Waals surface area contributed by atoms with Crippen LogP contribution in [0.3, 0.4) is 0 Å². The SMILES string of the molecule is CCC(C)(C)C(=O)Nc1ccc([N+](=O)[O-])cc1C. The van der Waals surface area contributed by atoms with Crippen LogP contribution >= 0.6 is 0 Å². The van der Waals surface area contributed by atoms with Crippen molar-refractivity contribution in [2.75, 3.05) is 5.32 Å². The normalized spacial score (nSPS) is 11.1. The second-order valence-electron chi connectivity index (χ2n) is 4.95. The molecule has 0 unspecified atom stereocenters. The quantitative estimate of drug-likeness (QED) is 0.658. The lowest BCUT2D eigenvalue weighted by atomic mass is 9.89. The maximum absolute atomic E-state index is 12.0. The number of carbonyl (C=O) groups is 1. The molecule has 1 N–H and O–H groups in total. The van der Waals surface area contributed by atoms with Gasteiger partial charge in [-0.1, -0.05) is 20.8 Å². The molecule has 0 radical (unpaired) electrons. The van der Waals surface area contributed by atoms with Crippen LogP contribution in [-0.2, 0) is 4.79 Å². The highest BCUT2D eigenvalue weighted by Crippen LogP contribution is 2.25. The highest BCUT2D eigenvalue weighted by atomic mass is 16.6. The second-order valence-corrected chi connectivity index (χ2v) is 4.95. The van der Waals surface area contributed by atoms with E-state index >= 15 is 0 Å². The van der Waals surface area contributed by atoms with Crippen LogP contribution in [0.2, 0.25) is 0 Å². The van der Waals surface area contributed by atoms with Crippen molar-refractivity contribution in [2.24, 2.45) is 5.41 Å². The van der Waals surface area contributed by atoms with Gasteiger partial charge in [-0.15, -0.1) is 0 Å². The van der Waals surface area contributed by atoms with Gasteiger partial charge in [-0.3, -0.25) is 14.9 Å². The third-order valence-electron chi connectivity index (χ3n) is 3.17. The number of nitro benzene ring substituents is 1. The molecule has 0 bridgehead atoms. The van der Waals surface area contributed by atoms with E-state index in [0.29, 0.717) is 11.3 Å². The molecule has 0 heterocycles. The van der Waals surface area contributed by atoms with Crippen molar-refractivity contribution in [3.63, 3.8) is 0 Å². The molecule has 1 aromatic carbocycles. The van der Waals surface area contributed by atoms with Crippen LogP contribution < -0.4 is 5.32 Å². The summed E-state index contributed by atoms with van der Waals surface area (Å²) < 4.78 is 0. The van der Waals surface area contributed by atoms with Crippen LogP contribution in [0.15, 0.2) is 18.2 Å². The number of non-ortho nitro benzene ring substituents is 1. The van der Waals surface area contributed by atoms with E-state index in [1.165, 1.54) is 12.1 Å². The Morgan fingerprint density at radius 2 is 2.06 bits per heavy atom. The number of benzene rings is 1. The third-order valence-corrected chi connectivity index (χ3v) is 3.17. The van der Waals surface area contributed by atoms with Crippen LogP contribution in [0.25, 0.3) is 0 Å². The third kappa shape index (κ3) is 3.06. The lowest BCUT2D eigenvalue weighted by Gasteiger charge is -2.22. The summed E-state index contributed by atoms with van der Waals surface area (Å²) >= 11 is 0. The molecule has 18 heavy (non-hydrogen) atoms. The molecule has 0 atom stereocenters. The molecule has 98 valence electrons. The van der Waals surface area contributed by atoms with Crippen molar-refractivity contribution in [3.8, 4) is 0 Å². The molecule has 0 spiro atoms. The first kappa shape index (κ1) is 14.2. The predicted molar refractivity (Wildman–Crippen MR) is 70.5 cm³/mol. The molecule has 5 heteroatoms. The molecule has 0 aliphatic heterocycles. The Morgan fingerprint density at radius 1 is 1.44 bits per heavy atom. The molecule has 1 aromatic rings. The van der Waals surface area contributed by atoms with E-state index in [-0.39, 0.29) is 11.6 Å². The molecular weight excluding hydrogens is 232 g/mol. The number of nitrogens with zero attached hydrogens (tertiary/aromatic N) is 1. The van der Waals surface area contributed by atoms with E-state index in [1.54, 1.807) is 13.0 Å². The Balaban J connectivity index is 2.93. The summed E-state index contributed by atoms with van der Waals surface area (Å²) in [5.74, 6) is -0.0815. The number of nitrogens with one attached hydrogen (secondary N) is 1. The summed E-state index contributed by atoms with van der Waals surface area (Å²) in [5, 5.41) is 13.4. The van der Waals surface area contributed by atoms with Crippen LogP contribution in [0, 0.1) is 22.5 Å². The van der Waals surface area contributed by atoms with Gasteiger partial charge in [0, 0.05) is 23.2 Å². The zero-order valence-electron chi connectivity index (χ0n) is 11.1. The minimum atomic E-state index is -0.450. The van der Waals surface area contributed by atoms with Gasteiger partial charge in [0.25, 0.3) is 5.69 Å². The van der Waals surface area contributed by atoms with Gasteiger partial charge in [0.1, 0.15) is 0 Å². The van der Waals surface area contributed by atoms with Gasteiger partial charge in [-0.25, -0.2) is 0 Å². The summed E-state index contributed by atoms with van der Waals surface area (Å²) in [6.45, 7) is 7.41. The average molecular weight is 250 g/mol. The van der Waals surface area contributed by atoms with Crippen LogP contribution in [0.4, 0.5) is 11.4 Å². The Morgan fingerprint density at radius 3 is 2.50 bits per heavy atom. The molecule has 0 saturated carbocycles. The fourth-order valence-corrected chi connectivity index (χ4v) is 1.35. The smallest absolute Gasteiger partial charge is 0.269 e. The number of aryl methyl sites for hydroxylation is 1. The number of carbonyl (C=O) groups excluding carboxylic acids is 1. The van der Waals surface area contributed by atoms with E-state index in [2.05, 4.69) is 5.32 Å². The number of nitro groups is 1. The molecule has 0 aliphatic carbocycles. The van der Waals surface area contributed by atoms with Gasteiger partial charge < -0.3 is 5.32 Å². The Kier molecular flexibility index (Phi) is 4.06. The van der Waals surface area contributed by atoms with E-state index < -0.39 is 10.3 Å². The lowest BCUT2D eigenvalue weighted by Crippen LogP contribution is -2.30. The first-order chi connectivity index (χ1) is 8.27. The zero-order chi connectivity index (χ0) is 13.9. The number of hydrogen-bond acceptors (Lipinski definition) is 3. The van der Waals surface area contributed by atoms with Crippen molar-refractivity contribution in [1.82, 2.24) is 0 Å². The van der Waals surface area contributed by atoms with Crippen molar-refractivity contribution in [2.45, 2.75) is 34.1 Å². The summed E-state index contributed by atoms with van der Waals surface area (Å²) in [7, 11) is 0. The average Bonchev–Trinajstić information content (AvgIpc) is 2.31. The number of anilines is 1. The van der Waals surface area contributed by atoms with Gasteiger partial charge in [-0.2, -0.15) is 0 Å². The van der Waals surface area contributed by atoms with E-state index in [1.807, 2.05) is 20.8 Å². The maximum Gasteiger partial charge on any atom is 0.269 e. The zero-order valence-corrected chi connectivity index (χ0v) is 11.1.